The smallest absolute Gasteiger partial charge is 0.109 e. The quantitative estimate of drug-likeness (QED) is 0.705. The Labute approximate surface area is 109 Å². The van der Waals surface area contributed by atoms with E-state index in [4.69, 9.17) is 4.74 Å². The number of aliphatic hydroxyl groups excluding tert-OH is 1. The molecular formula is C13H25N3O2. The summed E-state index contributed by atoms with van der Waals surface area (Å²) < 4.78 is 7.51. The summed E-state index contributed by atoms with van der Waals surface area (Å²) in [4.78, 5) is 4.24. The zero-order valence-electron chi connectivity index (χ0n) is 11.8. The van der Waals surface area contributed by atoms with E-state index in [0.717, 1.165) is 18.8 Å². The molecule has 0 radical (unpaired) electrons. The maximum absolute atomic E-state index is 9.72. The second-order valence-corrected chi connectivity index (χ2v) is 5.49. The van der Waals surface area contributed by atoms with Crippen LogP contribution in [-0.4, -0.2) is 46.1 Å². The van der Waals surface area contributed by atoms with Crippen LogP contribution in [0, 0.1) is 0 Å². The van der Waals surface area contributed by atoms with E-state index < -0.39 is 6.10 Å². The summed E-state index contributed by atoms with van der Waals surface area (Å²) in [6.07, 6.45) is 4.12. The fourth-order valence-corrected chi connectivity index (χ4v) is 1.51. The summed E-state index contributed by atoms with van der Waals surface area (Å²) in [6, 6.07) is 0. The van der Waals surface area contributed by atoms with Gasteiger partial charge in [-0.2, -0.15) is 0 Å². The van der Waals surface area contributed by atoms with E-state index in [1.165, 1.54) is 0 Å². The van der Waals surface area contributed by atoms with Gasteiger partial charge < -0.3 is 19.7 Å². The number of aromatic nitrogens is 2. The third-order valence-corrected chi connectivity index (χ3v) is 2.54. The summed E-state index contributed by atoms with van der Waals surface area (Å²) in [6.45, 7) is 7.65. The highest BCUT2D eigenvalue weighted by molar-refractivity contribution is 4.91. The van der Waals surface area contributed by atoms with Crippen molar-refractivity contribution in [3.05, 3.63) is 18.2 Å². The summed E-state index contributed by atoms with van der Waals surface area (Å²) in [5.41, 5.74) is -0.200. The summed E-state index contributed by atoms with van der Waals surface area (Å²) in [5.74, 6) is 1.04. The van der Waals surface area contributed by atoms with Crippen molar-refractivity contribution in [2.75, 3.05) is 19.7 Å². The van der Waals surface area contributed by atoms with Gasteiger partial charge in [-0.15, -0.1) is 0 Å². The van der Waals surface area contributed by atoms with E-state index in [2.05, 4.69) is 10.3 Å². The molecule has 0 amide bonds. The molecule has 104 valence electrons. The zero-order chi connectivity index (χ0) is 13.6. The van der Waals surface area contributed by atoms with Gasteiger partial charge >= 0.3 is 0 Å². The van der Waals surface area contributed by atoms with Crippen LogP contribution < -0.4 is 5.32 Å². The number of rotatable bonds is 7. The van der Waals surface area contributed by atoms with Crippen LogP contribution in [0.3, 0.4) is 0 Å². The molecule has 1 atom stereocenters. The molecule has 0 fully saturated rings. The average molecular weight is 255 g/mol. The third kappa shape index (κ3) is 6.14. The van der Waals surface area contributed by atoms with Crippen molar-refractivity contribution in [1.29, 1.82) is 0 Å². The highest BCUT2D eigenvalue weighted by Gasteiger charge is 2.13. The fraction of sp³-hybridized carbons (Fsp3) is 0.769. The van der Waals surface area contributed by atoms with Crippen LogP contribution in [0.5, 0.6) is 0 Å². The number of nitrogens with one attached hydrogen (secondary N) is 1. The Morgan fingerprint density at radius 3 is 2.78 bits per heavy atom. The van der Waals surface area contributed by atoms with Gasteiger partial charge in [0, 0.05) is 39.0 Å². The monoisotopic (exact) mass is 255 g/mol. The van der Waals surface area contributed by atoms with Crippen LogP contribution in [0.25, 0.3) is 0 Å². The molecule has 1 aromatic rings. The van der Waals surface area contributed by atoms with Gasteiger partial charge in [-0.1, -0.05) is 0 Å². The number of hydrogen-bond acceptors (Lipinski definition) is 4. The molecule has 1 heterocycles. The maximum Gasteiger partial charge on any atom is 0.109 e. The topological polar surface area (TPSA) is 59.3 Å². The van der Waals surface area contributed by atoms with Gasteiger partial charge in [-0.05, 0) is 20.8 Å². The molecule has 0 aromatic carbocycles. The second-order valence-electron chi connectivity index (χ2n) is 5.49. The first kappa shape index (κ1) is 15.1. The molecule has 0 saturated carbocycles. The Kier molecular flexibility index (Phi) is 5.78. The SMILES string of the molecule is Cn1ccnc1CCNCC(O)COC(C)(C)C. The summed E-state index contributed by atoms with van der Waals surface area (Å²) >= 11 is 0. The predicted octanol–water partition coefficient (Wildman–Crippen LogP) is 0.728. The van der Waals surface area contributed by atoms with Crippen LogP contribution in [-0.2, 0) is 18.2 Å². The summed E-state index contributed by atoms with van der Waals surface area (Å²) in [7, 11) is 1.98. The Bertz CT molecular complexity index is 344. The lowest BCUT2D eigenvalue weighted by molar-refractivity contribution is -0.0478. The Hall–Kier alpha value is -0.910. The molecule has 5 heteroatoms. The van der Waals surface area contributed by atoms with Crippen molar-refractivity contribution >= 4 is 0 Å². The van der Waals surface area contributed by atoms with Gasteiger partial charge in [0.15, 0.2) is 0 Å². The van der Waals surface area contributed by atoms with E-state index in [1.807, 2.05) is 38.6 Å². The molecule has 0 saturated heterocycles. The Balaban J connectivity index is 2.09. The molecule has 1 aromatic heterocycles. The van der Waals surface area contributed by atoms with E-state index >= 15 is 0 Å². The minimum absolute atomic E-state index is 0.200. The molecule has 0 spiro atoms. The largest absolute Gasteiger partial charge is 0.389 e. The van der Waals surface area contributed by atoms with Gasteiger partial charge in [0.05, 0.1) is 18.3 Å². The highest BCUT2D eigenvalue weighted by Crippen LogP contribution is 2.06. The van der Waals surface area contributed by atoms with Crippen molar-refractivity contribution in [2.24, 2.45) is 7.05 Å². The van der Waals surface area contributed by atoms with Gasteiger partial charge in [0.25, 0.3) is 0 Å². The maximum atomic E-state index is 9.72. The highest BCUT2D eigenvalue weighted by atomic mass is 16.5. The molecular weight excluding hydrogens is 230 g/mol. The number of nitrogens with zero attached hydrogens (tertiary/aromatic N) is 2. The zero-order valence-corrected chi connectivity index (χ0v) is 11.8. The number of imidazole rings is 1. The molecule has 0 bridgehead atoms. The van der Waals surface area contributed by atoms with Crippen molar-refractivity contribution < 1.29 is 9.84 Å². The minimum atomic E-state index is -0.467. The van der Waals surface area contributed by atoms with Crippen LogP contribution in [0.2, 0.25) is 0 Å². The lowest BCUT2D eigenvalue weighted by Gasteiger charge is -2.22. The minimum Gasteiger partial charge on any atom is -0.389 e. The van der Waals surface area contributed by atoms with Crippen LogP contribution in [0.1, 0.15) is 26.6 Å². The Morgan fingerprint density at radius 2 is 2.22 bits per heavy atom. The molecule has 0 aliphatic carbocycles. The van der Waals surface area contributed by atoms with Gasteiger partial charge in [0.2, 0.25) is 0 Å². The lowest BCUT2D eigenvalue weighted by Crippen LogP contribution is -2.34. The predicted molar refractivity (Wildman–Crippen MR) is 71.5 cm³/mol. The molecule has 2 N–H and O–H groups in total. The van der Waals surface area contributed by atoms with E-state index in [1.54, 1.807) is 6.20 Å². The molecule has 0 aliphatic heterocycles. The number of aryl methyl sites for hydroxylation is 1. The normalized spacial score (nSPS) is 13.8. The van der Waals surface area contributed by atoms with Gasteiger partial charge in [0.1, 0.15) is 5.82 Å². The molecule has 5 nitrogen and oxygen atoms in total. The molecule has 0 aliphatic rings. The molecule has 1 rings (SSSR count). The molecule has 1 unspecified atom stereocenters. The van der Waals surface area contributed by atoms with Crippen LogP contribution in [0.4, 0.5) is 0 Å². The van der Waals surface area contributed by atoms with Crippen molar-refractivity contribution in [3.8, 4) is 0 Å². The fourth-order valence-electron chi connectivity index (χ4n) is 1.51. The number of hydrogen-bond donors (Lipinski definition) is 2. The summed E-state index contributed by atoms with van der Waals surface area (Å²) in [5, 5.41) is 12.9. The average Bonchev–Trinajstić information content (AvgIpc) is 2.67. The first-order valence-electron chi connectivity index (χ1n) is 6.37. The number of ether oxygens (including phenoxy) is 1. The third-order valence-electron chi connectivity index (χ3n) is 2.54. The van der Waals surface area contributed by atoms with Crippen molar-refractivity contribution in [3.63, 3.8) is 0 Å². The van der Waals surface area contributed by atoms with E-state index in [-0.39, 0.29) is 5.60 Å². The molecule has 18 heavy (non-hydrogen) atoms. The standard InChI is InChI=1S/C13H25N3O2/c1-13(2,3)18-10-11(17)9-14-6-5-12-15-7-8-16(12)4/h7-8,11,14,17H,5-6,9-10H2,1-4H3. The van der Waals surface area contributed by atoms with E-state index in [0.29, 0.717) is 13.2 Å². The van der Waals surface area contributed by atoms with Gasteiger partial charge in [-0.3, -0.25) is 0 Å². The first-order chi connectivity index (χ1) is 8.38. The Morgan fingerprint density at radius 1 is 1.50 bits per heavy atom. The van der Waals surface area contributed by atoms with Crippen LogP contribution >= 0.6 is 0 Å². The van der Waals surface area contributed by atoms with E-state index in [9.17, 15) is 5.11 Å². The number of aliphatic hydroxyl groups is 1. The van der Waals surface area contributed by atoms with Crippen molar-refractivity contribution in [2.45, 2.75) is 38.9 Å². The first-order valence-corrected chi connectivity index (χ1v) is 6.37. The van der Waals surface area contributed by atoms with Crippen LogP contribution in [0.15, 0.2) is 12.4 Å². The second kappa shape index (κ2) is 6.87. The van der Waals surface area contributed by atoms with Crippen molar-refractivity contribution in [1.82, 2.24) is 14.9 Å². The lowest BCUT2D eigenvalue weighted by atomic mass is 10.2. The van der Waals surface area contributed by atoms with Gasteiger partial charge in [-0.25, -0.2) is 4.98 Å².